The van der Waals surface area contributed by atoms with E-state index in [0.29, 0.717) is 0 Å². The summed E-state index contributed by atoms with van der Waals surface area (Å²) in [6.45, 7) is 5.06. The number of aryl methyl sites for hydroxylation is 1. The van der Waals surface area contributed by atoms with Crippen LogP contribution in [0.5, 0.6) is 5.75 Å². The van der Waals surface area contributed by atoms with Crippen molar-refractivity contribution < 1.29 is 4.74 Å². The van der Waals surface area contributed by atoms with Gasteiger partial charge in [0.1, 0.15) is 22.9 Å². The molecule has 0 atom stereocenters. The topological polar surface area (TPSA) is 38.6 Å². The fraction of sp³-hybridized carbons (Fsp3) is 0.211. The second-order valence-corrected chi connectivity index (χ2v) is 6.62. The van der Waals surface area contributed by atoms with E-state index in [0.717, 1.165) is 40.2 Å². The van der Waals surface area contributed by atoms with Crippen molar-refractivity contribution in [3.05, 3.63) is 47.5 Å². The maximum Gasteiger partial charge on any atom is 0.147 e. The summed E-state index contributed by atoms with van der Waals surface area (Å²) in [5.41, 5.74) is 3.20. The lowest BCUT2D eigenvalue weighted by molar-refractivity contribution is 0.417. The van der Waals surface area contributed by atoms with Gasteiger partial charge in [-0.3, -0.25) is 4.40 Å². The molecule has 3 heterocycles. The number of imidazole rings is 1. The minimum Gasteiger partial charge on any atom is -0.495 e. The van der Waals surface area contributed by atoms with Gasteiger partial charge in [-0.2, -0.15) is 0 Å². The number of hydrogen-bond donors (Lipinski definition) is 1. The van der Waals surface area contributed by atoms with Gasteiger partial charge in [-0.25, -0.2) is 4.98 Å². The third-order valence-electron chi connectivity index (χ3n) is 4.23. The Labute approximate surface area is 144 Å². The maximum absolute atomic E-state index is 5.62. The monoisotopic (exact) mass is 337 g/mol. The van der Waals surface area contributed by atoms with Crippen LogP contribution in [-0.2, 0) is 0 Å². The molecule has 4 aromatic rings. The van der Waals surface area contributed by atoms with Crippen molar-refractivity contribution in [2.45, 2.75) is 13.8 Å². The van der Waals surface area contributed by atoms with Crippen molar-refractivity contribution in [2.75, 3.05) is 19.0 Å². The predicted octanol–water partition coefficient (Wildman–Crippen LogP) is 4.96. The zero-order valence-corrected chi connectivity index (χ0v) is 14.8. The highest BCUT2D eigenvalue weighted by Gasteiger charge is 2.19. The molecular weight excluding hydrogens is 318 g/mol. The highest BCUT2D eigenvalue weighted by molar-refractivity contribution is 7.13. The molecule has 0 aliphatic heterocycles. The van der Waals surface area contributed by atoms with Gasteiger partial charge in [0, 0.05) is 17.3 Å². The second-order valence-electron chi connectivity index (χ2n) is 5.71. The highest BCUT2D eigenvalue weighted by Crippen LogP contribution is 2.38. The molecular formula is C19H19N3OS. The molecule has 4 nitrogen and oxygen atoms in total. The molecule has 3 aromatic heterocycles. The number of rotatable bonds is 4. The first kappa shape index (κ1) is 15.0. The first-order valence-electron chi connectivity index (χ1n) is 8.00. The van der Waals surface area contributed by atoms with Gasteiger partial charge in [0.25, 0.3) is 0 Å². The predicted molar refractivity (Wildman–Crippen MR) is 101 cm³/mol. The molecule has 24 heavy (non-hydrogen) atoms. The van der Waals surface area contributed by atoms with E-state index in [4.69, 9.17) is 9.72 Å². The minimum atomic E-state index is 0.834. The number of anilines is 1. The van der Waals surface area contributed by atoms with E-state index in [1.165, 1.54) is 10.4 Å². The summed E-state index contributed by atoms with van der Waals surface area (Å²) < 4.78 is 7.73. The summed E-state index contributed by atoms with van der Waals surface area (Å²) in [7, 11) is 1.71. The quantitative estimate of drug-likeness (QED) is 0.572. The van der Waals surface area contributed by atoms with E-state index in [2.05, 4.69) is 47.1 Å². The van der Waals surface area contributed by atoms with Gasteiger partial charge in [0.05, 0.1) is 18.2 Å². The van der Waals surface area contributed by atoms with Crippen molar-refractivity contribution in [1.82, 2.24) is 9.38 Å². The van der Waals surface area contributed by atoms with E-state index in [9.17, 15) is 0 Å². The Kier molecular flexibility index (Phi) is 3.65. The van der Waals surface area contributed by atoms with Crippen molar-refractivity contribution in [2.24, 2.45) is 0 Å². The van der Waals surface area contributed by atoms with E-state index in [1.807, 2.05) is 18.3 Å². The van der Waals surface area contributed by atoms with Gasteiger partial charge in [0.2, 0.25) is 0 Å². The smallest absolute Gasteiger partial charge is 0.147 e. The van der Waals surface area contributed by atoms with Crippen molar-refractivity contribution in [3.63, 3.8) is 0 Å². The molecule has 0 radical (unpaired) electrons. The average molecular weight is 337 g/mol. The fourth-order valence-electron chi connectivity index (χ4n) is 3.10. The molecule has 0 bridgehead atoms. The molecule has 0 fully saturated rings. The van der Waals surface area contributed by atoms with Gasteiger partial charge >= 0.3 is 0 Å². The van der Waals surface area contributed by atoms with Crippen LogP contribution in [0.3, 0.4) is 0 Å². The van der Waals surface area contributed by atoms with Crippen LogP contribution in [-0.4, -0.2) is 23.0 Å². The third-order valence-corrected chi connectivity index (χ3v) is 5.26. The molecule has 0 aliphatic rings. The molecule has 0 saturated heterocycles. The van der Waals surface area contributed by atoms with Gasteiger partial charge in [-0.1, -0.05) is 24.3 Å². The van der Waals surface area contributed by atoms with Gasteiger partial charge in [0.15, 0.2) is 0 Å². The Balaban J connectivity index is 2.13. The molecule has 0 aliphatic carbocycles. The van der Waals surface area contributed by atoms with E-state index < -0.39 is 0 Å². The van der Waals surface area contributed by atoms with E-state index in [-0.39, 0.29) is 0 Å². The summed E-state index contributed by atoms with van der Waals surface area (Å²) in [5.74, 6) is 1.87. The molecule has 0 amide bonds. The lowest BCUT2D eigenvalue weighted by Crippen LogP contribution is -2.02. The molecule has 122 valence electrons. The number of thiophene rings is 1. The summed E-state index contributed by atoms with van der Waals surface area (Å²) in [5, 5.41) is 7.77. The highest BCUT2D eigenvalue weighted by atomic mass is 32.1. The zero-order valence-electron chi connectivity index (χ0n) is 14.0. The van der Waals surface area contributed by atoms with Crippen LogP contribution in [0.2, 0.25) is 0 Å². The minimum absolute atomic E-state index is 0.834. The number of fused-ring (bicyclic) bond motifs is 3. The first-order chi connectivity index (χ1) is 11.7. The molecule has 4 rings (SSSR count). The van der Waals surface area contributed by atoms with E-state index >= 15 is 0 Å². The Morgan fingerprint density at radius 1 is 1.21 bits per heavy atom. The molecule has 1 aromatic carbocycles. The number of nitrogens with one attached hydrogen (secondary N) is 1. The first-order valence-corrected chi connectivity index (χ1v) is 8.88. The summed E-state index contributed by atoms with van der Waals surface area (Å²) in [6.07, 6.45) is 2.02. The lowest BCUT2D eigenvalue weighted by Gasteiger charge is -2.10. The van der Waals surface area contributed by atoms with Crippen LogP contribution in [0.25, 0.3) is 27.0 Å². The summed E-state index contributed by atoms with van der Waals surface area (Å²) in [4.78, 5) is 6.20. The van der Waals surface area contributed by atoms with Crippen molar-refractivity contribution >= 4 is 33.6 Å². The number of pyridine rings is 1. The zero-order chi connectivity index (χ0) is 16.7. The SMILES string of the molecule is CCNc1c(-c2sccc2C)nc2c3ccccc3c(OC)cn12. The standard InChI is InChI=1S/C19H19N3OS/c1-4-20-19-16(17-12(2)9-10-24-17)21-18-14-8-6-5-7-13(14)15(23-3)11-22(18)19/h5-11,20H,4H2,1-3H3. The lowest BCUT2D eigenvalue weighted by atomic mass is 10.1. The van der Waals surface area contributed by atoms with Gasteiger partial charge < -0.3 is 10.1 Å². The van der Waals surface area contributed by atoms with Gasteiger partial charge in [-0.05, 0) is 30.9 Å². The van der Waals surface area contributed by atoms with Crippen LogP contribution >= 0.6 is 11.3 Å². The number of hydrogen-bond acceptors (Lipinski definition) is 4. The van der Waals surface area contributed by atoms with Crippen LogP contribution in [0.4, 0.5) is 5.82 Å². The normalized spacial score (nSPS) is 11.3. The Morgan fingerprint density at radius 2 is 2.00 bits per heavy atom. The van der Waals surface area contributed by atoms with Crippen molar-refractivity contribution in [3.8, 4) is 16.3 Å². The summed E-state index contributed by atoms with van der Waals surface area (Å²) >= 11 is 1.73. The maximum atomic E-state index is 5.62. The van der Waals surface area contributed by atoms with Crippen LogP contribution in [0.15, 0.2) is 41.9 Å². The third kappa shape index (κ3) is 2.16. The largest absolute Gasteiger partial charge is 0.495 e. The summed E-state index contributed by atoms with van der Waals surface area (Å²) in [6, 6.07) is 10.4. The van der Waals surface area contributed by atoms with Crippen LogP contribution in [0.1, 0.15) is 12.5 Å². The average Bonchev–Trinajstić information content (AvgIpc) is 3.18. The number of benzene rings is 1. The van der Waals surface area contributed by atoms with Crippen LogP contribution in [0, 0.1) is 6.92 Å². The van der Waals surface area contributed by atoms with Crippen LogP contribution < -0.4 is 10.1 Å². The van der Waals surface area contributed by atoms with E-state index in [1.54, 1.807) is 18.4 Å². The second kappa shape index (κ2) is 5.83. The van der Waals surface area contributed by atoms with Gasteiger partial charge in [-0.15, -0.1) is 11.3 Å². The molecule has 0 unspecified atom stereocenters. The Morgan fingerprint density at radius 3 is 2.67 bits per heavy atom. The number of nitrogens with zero attached hydrogens (tertiary/aromatic N) is 2. The van der Waals surface area contributed by atoms with Crippen molar-refractivity contribution in [1.29, 1.82) is 0 Å². The molecule has 5 heteroatoms. The number of methoxy groups -OCH3 is 1. The Hall–Kier alpha value is -2.53. The molecule has 0 spiro atoms. The Bertz CT molecular complexity index is 1030. The fourth-order valence-corrected chi connectivity index (χ4v) is 4.02. The number of aromatic nitrogens is 2. The molecule has 0 saturated carbocycles. The number of ether oxygens (including phenoxy) is 1. The molecule has 1 N–H and O–H groups in total.